The molecule has 0 amide bonds. The number of nitrogens with zero attached hydrogens (tertiary/aromatic N) is 2. The number of allylic oxidation sites excluding steroid dienone is 3. The number of aliphatic hydroxyl groups is 1. The maximum absolute atomic E-state index is 12.8. The highest BCUT2D eigenvalue weighted by Gasteiger charge is 2.31. The van der Waals surface area contributed by atoms with Crippen molar-refractivity contribution in [3.63, 3.8) is 0 Å². The molecule has 0 atom stereocenters. The van der Waals surface area contributed by atoms with Gasteiger partial charge in [-0.3, -0.25) is 14.6 Å². The average Bonchev–Trinajstić information content (AvgIpc) is 3.08. The van der Waals surface area contributed by atoms with Gasteiger partial charge >= 0.3 is 0 Å². The fourth-order valence-electron chi connectivity index (χ4n) is 3.81. The Morgan fingerprint density at radius 2 is 1.73 bits per heavy atom. The van der Waals surface area contributed by atoms with Crippen molar-refractivity contribution in [2.75, 3.05) is 39.3 Å². The number of phenols is 1. The van der Waals surface area contributed by atoms with E-state index < -0.39 is 0 Å². The summed E-state index contributed by atoms with van der Waals surface area (Å²) >= 11 is 0. The lowest BCUT2D eigenvalue weighted by Crippen LogP contribution is -2.46. The molecule has 2 aliphatic rings. The van der Waals surface area contributed by atoms with Crippen molar-refractivity contribution in [1.82, 2.24) is 9.80 Å². The Morgan fingerprint density at radius 3 is 2.47 bits per heavy atom. The number of ether oxygens (including phenoxy) is 1. The lowest BCUT2D eigenvalue weighted by Gasteiger charge is -2.34. The highest BCUT2D eigenvalue weighted by atomic mass is 16.5. The number of rotatable bonds is 6. The molecule has 1 saturated heterocycles. The Kier molecular flexibility index (Phi) is 6.28. The summed E-state index contributed by atoms with van der Waals surface area (Å²) in [7, 11) is 0. The lowest BCUT2D eigenvalue weighted by molar-refractivity contribution is 0.101. The van der Waals surface area contributed by atoms with Crippen LogP contribution in [-0.4, -0.2) is 65.1 Å². The third kappa shape index (κ3) is 4.46. The van der Waals surface area contributed by atoms with Gasteiger partial charge in [-0.05, 0) is 23.8 Å². The first-order valence-corrected chi connectivity index (χ1v) is 10.2. The van der Waals surface area contributed by atoms with E-state index >= 15 is 0 Å². The van der Waals surface area contributed by atoms with Crippen LogP contribution < -0.4 is 4.74 Å². The zero-order chi connectivity index (χ0) is 20.9. The van der Waals surface area contributed by atoms with Gasteiger partial charge in [0.15, 0.2) is 5.76 Å². The molecule has 2 heterocycles. The number of Topliss-reactive ketones (excluding diaryl/α,β-unsaturated/α-hetero) is 1. The molecule has 2 aromatic rings. The van der Waals surface area contributed by atoms with Crippen molar-refractivity contribution >= 4 is 11.9 Å². The van der Waals surface area contributed by atoms with Gasteiger partial charge in [0.2, 0.25) is 5.78 Å². The van der Waals surface area contributed by atoms with E-state index in [-0.39, 0.29) is 23.9 Å². The summed E-state index contributed by atoms with van der Waals surface area (Å²) in [5.41, 5.74) is 2.17. The van der Waals surface area contributed by atoms with E-state index in [1.165, 1.54) is 0 Å². The number of phenolic OH excluding ortho intramolecular Hbond substituents is 1. The minimum absolute atomic E-state index is 0.139. The first kappa shape index (κ1) is 20.3. The molecule has 0 saturated carbocycles. The van der Waals surface area contributed by atoms with E-state index in [1.807, 2.05) is 36.4 Å². The van der Waals surface area contributed by atoms with Gasteiger partial charge in [0, 0.05) is 39.3 Å². The number of benzene rings is 2. The van der Waals surface area contributed by atoms with E-state index in [1.54, 1.807) is 24.3 Å². The maximum Gasteiger partial charge on any atom is 0.231 e. The molecule has 4 rings (SSSR count). The van der Waals surface area contributed by atoms with E-state index in [9.17, 15) is 9.90 Å². The fraction of sp³-hybridized carbons (Fsp3) is 0.292. The Labute approximate surface area is 176 Å². The van der Waals surface area contributed by atoms with Gasteiger partial charge in [0.25, 0.3) is 0 Å². The molecule has 0 aliphatic carbocycles. The molecular formula is C24H26N2O4. The molecule has 0 bridgehead atoms. The largest absolute Gasteiger partial charge is 0.507 e. The Hall–Kier alpha value is -2.93. The zero-order valence-corrected chi connectivity index (χ0v) is 16.8. The number of hydrogen-bond acceptors (Lipinski definition) is 6. The van der Waals surface area contributed by atoms with Crippen LogP contribution in [0.5, 0.6) is 11.5 Å². The number of carbonyl (C=O) groups is 1. The molecule has 30 heavy (non-hydrogen) atoms. The zero-order valence-electron chi connectivity index (χ0n) is 16.8. The summed E-state index contributed by atoms with van der Waals surface area (Å²) in [6, 6.07) is 13.0. The maximum atomic E-state index is 12.8. The molecule has 6 heteroatoms. The van der Waals surface area contributed by atoms with Crippen LogP contribution in [-0.2, 0) is 6.54 Å². The summed E-state index contributed by atoms with van der Waals surface area (Å²) < 4.78 is 5.90. The standard InChI is InChI=1S/C24H26N2O4/c27-16-15-25-11-13-26(14-12-25)17-20-21(28)10-9-19-23(29)22(30-24(19)20)8-4-7-18-5-2-1-3-6-18/h1-10,27-28H,11-17H2/b7-4+,22-8+. The average molecular weight is 406 g/mol. The molecule has 0 aromatic heterocycles. The van der Waals surface area contributed by atoms with Crippen LogP contribution >= 0.6 is 0 Å². The van der Waals surface area contributed by atoms with E-state index in [0.717, 1.165) is 31.7 Å². The molecule has 0 spiro atoms. The second kappa shape index (κ2) is 9.26. The van der Waals surface area contributed by atoms with Crippen LogP contribution in [0.15, 0.2) is 60.4 Å². The van der Waals surface area contributed by atoms with Crippen molar-refractivity contribution < 1.29 is 19.7 Å². The number of aromatic hydroxyl groups is 1. The van der Waals surface area contributed by atoms with Crippen LogP contribution in [0.3, 0.4) is 0 Å². The van der Waals surface area contributed by atoms with Gasteiger partial charge in [-0.25, -0.2) is 0 Å². The van der Waals surface area contributed by atoms with Crippen molar-refractivity contribution in [3.05, 3.63) is 77.1 Å². The van der Waals surface area contributed by atoms with Crippen molar-refractivity contribution in [2.24, 2.45) is 0 Å². The summed E-state index contributed by atoms with van der Waals surface area (Å²) in [5, 5.41) is 19.5. The van der Waals surface area contributed by atoms with Gasteiger partial charge in [0.1, 0.15) is 11.5 Å². The fourth-order valence-corrected chi connectivity index (χ4v) is 3.81. The Morgan fingerprint density at radius 1 is 1.00 bits per heavy atom. The molecule has 2 aliphatic heterocycles. The van der Waals surface area contributed by atoms with Crippen LogP contribution in [0.25, 0.3) is 6.08 Å². The molecular weight excluding hydrogens is 380 g/mol. The van der Waals surface area contributed by atoms with Gasteiger partial charge in [0.05, 0.1) is 17.7 Å². The number of aliphatic hydroxyl groups excluding tert-OH is 1. The van der Waals surface area contributed by atoms with Gasteiger partial charge in [-0.15, -0.1) is 0 Å². The topological polar surface area (TPSA) is 73.2 Å². The minimum atomic E-state index is -0.170. The smallest absolute Gasteiger partial charge is 0.231 e. The van der Waals surface area contributed by atoms with Gasteiger partial charge in [-0.2, -0.15) is 0 Å². The SMILES string of the molecule is O=C1/C(=C\C=C\c2ccccc2)Oc2c1ccc(O)c2CN1CCN(CCO)CC1. The number of ketones is 1. The number of fused-ring (bicyclic) bond motifs is 1. The number of carbonyl (C=O) groups excluding carboxylic acids is 1. The summed E-state index contributed by atoms with van der Waals surface area (Å²) in [4.78, 5) is 17.2. The molecule has 156 valence electrons. The highest BCUT2D eigenvalue weighted by molar-refractivity contribution is 6.12. The third-order valence-corrected chi connectivity index (χ3v) is 5.51. The van der Waals surface area contributed by atoms with Gasteiger partial charge in [-0.1, -0.05) is 42.5 Å². The summed E-state index contributed by atoms with van der Waals surface area (Å²) in [6.45, 7) is 4.76. The predicted molar refractivity (Wildman–Crippen MR) is 115 cm³/mol. The normalized spacial score (nSPS) is 18.8. The predicted octanol–water partition coefficient (Wildman–Crippen LogP) is 2.67. The summed E-state index contributed by atoms with van der Waals surface area (Å²) in [6.07, 6.45) is 5.38. The number of piperazine rings is 1. The molecule has 1 fully saturated rings. The van der Waals surface area contributed by atoms with E-state index in [4.69, 9.17) is 9.84 Å². The van der Waals surface area contributed by atoms with Crippen molar-refractivity contribution in [3.8, 4) is 11.5 Å². The van der Waals surface area contributed by atoms with E-state index in [0.29, 0.717) is 30.0 Å². The van der Waals surface area contributed by atoms with Crippen LogP contribution in [0.1, 0.15) is 21.5 Å². The van der Waals surface area contributed by atoms with Gasteiger partial charge < -0.3 is 14.9 Å². The monoisotopic (exact) mass is 406 g/mol. The summed E-state index contributed by atoms with van der Waals surface area (Å²) in [5.74, 6) is 0.686. The molecule has 6 nitrogen and oxygen atoms in total. The number of hydrogen-bond donors (Lipinski definition) is 2. The van der Waals surface area contributed by atoms with Crippen molar-refractivity contribution in [2.45, 2.75) is 6.54 Å². The lowest BCUT2D eigenvalue weighted by atomic mass is 10.0. The highest BCUT2D eigenvalue weighted by Crippen LogP contribution is 2.39. The Bertz CT molecular complexity index is 961. The van der Waals surface area contributed by atoms with Crippen molar-refractivity contribution in [1.29, 1.82) is 0 Å². The Balaban J connectivity index is 1.49. The molecule has 0 unspecified atom stereocenters. The molecule has 0 radical (unpaired) electrons. The second-order valence-corrected chi connectivity index (χ2v) is 7.51. The minimum Gasteiger partial charge on any atom is -0.507 e. The van der Waals surface area contributed by atoms with Crippen LogP contribution in [0.2, 0.25) is 0 Å². The quantitative estimate of drug-likeness (QED) is 0.719. The van der Waals surface area contributed by atoms with Crippen LogP contribution in [0, 0.1) is 0 Å². The third-order valence-electron chi connectivity index (χ3n) is 5.51. The molecule has 2 aromatic carbocycles. The first-order valence-electron chi connectivity index (χ1n) is 10.2. The number of β-amino-alcohol motifs (C(OH)–C–C–N with tert-alkyl or cyclic N) is 1. The van der Waals surface area contributed by atoms with E-state index in [2.05, 4.69) is 9.80 Å². The second-order valence-electron chi connectivity index (χ2n) is 7.51. The first-order chi connectivity index (χ1) is 14.7. The van der Waals surface area contributed by atoms with Crippen LogP contribution in [0.4, 0.5) is 0 Å². The molecule has 2 N–H and O–H groups in total.